The molecule has 1 aromatic heterocycles. The minimum Gasteiger partial charge on any atom is -0.313 e. The smallest absolute Gasteiger partial charge is 0.243 e. The number of hydrogen-bond donors (Lipinski definition) is 2. The summed E-state index contributed by atoms with van der Waals surface area (Å²) >= 11 is 0. The molecule has 0 radical (unpaired) electrons. The van der Waals surface area contributed by atoms with Crippen molar-refractivity contribution in [2.45, 2.75) is 33.2 Å². The number of rotatable bonds is 2. The van der Waals surface area contributed by atoms with Crippen LogP contribution in [0.5, 0.6) is 0 Å². The average Bonchev–Trinajstić information content (AvgIpc) is 2.79. The monoisotopic (exact) mass is 221 g/mol. The molecule has 1 fully saturated rings. The maximum atomic E-state index is 12.1. The molecular weight excluding hydrogens is 202 g/mol. The van der Waals surface area contributed by atoms with Crippen molar-refractivity contribution in [2.75, 3.05) is 12.0 Å². The third-order valence-electron chi connectivity index (χ3n) is 3.36. The van der Waals surface area contributed by atoms with Crippen LogP contribution < -0.4 is 10.7 Å². The SMILES string of the molecule is Cc1ccc(C)n1NC(=O)C1CCNC1C. The molecule has 88 valence electrons. The van der Waals surface area contributed by atoms with Gasteiger partial charge in [-0.05, 0) is 45.9 Å². The van der Waals surface area contributed by atoms with Gasteiger partial charge in [-0.15, -0.1) is 0 Å². The second-order valence-electron chi connectivity index (χ2n) is 4.57. The predicted molar refractivity (Wildman–Crippen MR) is 63.8 cm³/mol. The normalized spacial score (nSPS) is 24.7. The number of aromatic nitrogens is 1. The van der Waals surface area contributed by atoms with E-state index in [9.17, 15) is 4.79 Å². The number of aryl methyl sites for hydroxylation is 2. The lowest BCUT2D eigenvalue weighted by Gasteiger charge is -2.17. The van der Waals surface area contributed by atoms with Gasteiger partial charge in [-0.2, -0.15) is 0 Å². The highest BCUT2D eigenvalue weighted by Gasteiger charge is 2.29. The molecule has 4 heteroatoms. The molecule has 4 nitrogen and oxygen atoms in total. The summed E-state index contributed by atoms with van der Waals surface area (Å²) in [4.78, 5) is 12.1. The Kier molecular flexibility index (Phi) is 3.01. The van der Waals surface area contributed by atoms with Gasteiger partial charge in [-0.25, -0.2) is 0 Å². The Hall–Kier alpha value is -1.29. The second kappa shape index (κ2) is 4.29. The number of nitrogens with one attached hydrogen (secondary N) is 2. The highest BCUT2D eigenvalue weighted by Crippen LogP contribution is 2.16. The van der Waals surface area contributed by atoms with Crippen LogP contribution >= 0.6 is 0 Å². The zero-order chi connectivity index (χ0) is 11.7. The highest BCUT2D eigenvalue weighted by molar-refractivity contribution is 5.87. The molecule has 1 aliphatic rings. The Bertz CT molecular complexity index is 377. The number of amides is 1. The number of nitrogens with zero attached hydrogens (tertiary/aromatic N) is 1. The van der Waals surface area contributed by atoms with E-state index in [0.29, 0.717) is 0 Å². The van der Waals surface area contributed by atoms with Crippen LogP contribution in [-0.2, 0) is 4.79 Å². The molecule has 2 unspecified atom stereocenters. The summed E-state index contributed by atoms with van der Waals surface area (Å²) in [5, 5.41) is 3.29. The van der Waals surface area contributed by atoms with Gasteiger partial charge < -0.3 is 5.32 Å². The molecule has 1 saturated heterocycles. The van der Waals surface area contributed by atoms with Crippen molar-refractivity contribution in [1.29, 1.82) is 0 Å². The van der Waals surface area contributed by atoms with Crippen molar-refractivity contribution >= 4 is 5.91 Å². The van der Waals surface area contributed by atoms with E-state index in [0.717, 1.165) is 24.4 Å². The molecule has 2 N–H and O–H groups in total. The first-order valence-electron chi connectivity index (χ1n) is 5.79. The van der Waals surface area contributed by atoms with Crippen LogP contribution in [0.2, 0.25) is 0 Å². The lowest BCUT2D eigenvalue weighted by molar-refractivity contribution is -0.120. The third kappa shape index (κ3) is 1.97. The first-order valence-corrected chi connectivity index (χ1v) is 5.79. The highest BCUT2D eigenvalue weighted by atomic mass is 16.2. The minimum absolute atomic E-state index is 0.0844. The summed E-state index contributed by atoms with van der Waals surface area (Å²) in [6.07, 6.45) is 0.923. The maximum absolute atomic E-state index is 12.1. The quantitative estimate of drug-likeness (QED) is 0.787. The Morgan fingerprint density at radius 1 is 1.44 bits per heavy atom. The molecule has 16 heavy (non-hydrogen) atoms. The average molecular weight is 221 g/mol. The molecule has 1 aliphatic heterocycles. The minimum atomic E-state index is 0.0844. The fraction of sp³-hybridized carbons (Fsp3) is 0.583. The van der Waals surface area contributed by atoms with Crippen molar-refractivity contribution in [3.63, 3.8) is 0 Å². The summed E-state index contributed by atoms with van der Waals surface area (Å²) in [6.45, 7) is 6.97. The van der Waals surface area contributed by atoms with Crippen molar-refractivity contribution in [1.82, 2.24) is 9.99 Å². The van der Waals surface area contributed by atoms with Gasteiger partial charge in [0.25, 0.3) is 0 Å². The standard InChI is InChI=1S/C12H19N3O/c1-8-4-5-9(2)15(8)14-12(16)11-6-7-13-10(11)3/h4-5,10-11,13H,6-7H2,1-3H3,(H,14,16). The van der Waals surface area contributed by atoms with E-state index < -0.39 is 0 Å². The fourth-order valence-corrected chi connectivity index (χ4v) is 2.25. The van der Waals surface area contributed by atoms with Gasteiger partial charge in [0.05, 0.1) is 5.92 Å². The van der Waals surface area contributed by atoms with Gasteiger partial charge in [0.1, 0.15) is 0 Å². The molecule has 2 atom stereocenters. The zero-order valence-corrected chi connectivity index (χ0v) is 10.1. The number of hydrogen-bond acceptors (Lipinski definition) is 2. The van der Waals surface area contributed by atoms with Gasteiger partial charge in [0.2, 0.25) is 5.91 Å². The van der Waals surface area contributed by atoms with Gasteiger partial charge >= 0.3 is 0 Å². The predicted octanol–water partition coefficient (Wildman–Crippen LogP) is 1.17. The third-order valence-corrected chi connectivity index (χ3v) is 3.36. The first kappa shape index (κ1) is 11.2. The Morgan fingerprint density at radius 2 is 2.06 bits per heavy atom. The molecule has 0 aromatic carbocycles. The zero-order valence-electron chi connectivity index (χ0n) is 10.1. The first-order chi connectivity index (χ1) is 7.59. The van der Waals surface area contributed by atoms with E-state index in [2.05, 4.69) is 17.7 Å². The van der Waals surface area contributed by atoms with Gasteiger partial charge in [0, 0.05) is 17.4 Å². The van der Waals surface area contributed by atoms with Crippen molar-refractivity contribution in [3.05, 3.63) is 23.5 Å². The summed E-state index contributed by atoms with van der Waals surface area (Å²) in [5.41, 5.74) is 5.09. The lowest BCUT2D eigenvalue weighted by atomic mass is 10.0. The van der Waals surface area contributed by atoms with Crippen LogP contribution in [0.1, 0.15) is 24.7 Å². The van der Waals surface area contributed by atoms with E-state index in [1.54, 1.807) is 0 Å². The summed E-state index contributed by atoms with van der Waals surface area (Å²) in [6, 6.07) is 4.29. The van der Waals surface area contributed by atoms with E-state index in [1.807, 2.05) is 30.7 Å². The van der Waals surface area contributed by atoms with Crippen LogP contribution in [-0.4, -0.2) is 23.2 Å². The number of carbonyl (C=O) groups excluding carboxylic acids is 1. The Balaban J connectivity index is 2.07. The lowest BCUT2D eigenvalue weighted by Crippen LogP contribution is -2.36. The fourth-order valence-electron chi connectivity index (χ4n) is 2.25. The second-order valence-corrected chi connectivity index (χ2v) is 4.57. The van der Waals surface area contributed by atoms with E-state index >= 15 is 0 Å². The Labute approximate surface area is 96.0 Å². The maximum Gasteiger partial charge on any atom is 0.243 e. The van der Waals surface area contributed by atoms with E-state index in [4.69, 9.17) is 0 Å². The van der Waals surface area contributed by atoms with Crippen molar-refractivity contribution in [3.8, 4) is 0 Å². The molecular formula is C12H19N3O. The molecule has 1 aromatic rings. The molecule has 2 heterocycles. The van der Waals surface area contributed by atoms with E-state index in [-0.39, 0.29) is 17.9 Å². The topological polar surface area (TPSA) is 46.1 Å². The molecule has 0 aliphatic carbocycles. The van der Waals surface area contributed by atoms with Crippen LogP contribution in [0.25, 0.3) is 0 Å². The molecule has 1 amide bonds. The van der Waals surface area contributed by atoms with E-state index in [1.165, 1.54) is 0 Å². The summed E-state index contributed by atoms with van der Waals surface area (Å²) in [5.74, 6) is 0.195. The van der Waals surface area contributed by atoms with Crippen LogP contribution in [0, 0.1) is 19.8 Å². The van der Waals surface area contributed by atoms with Crippen molar-refractivity contribution < 1.29 is 4.79 Å². The van der Waals surface area contributed by atoms with Crippen molar-refractivity contribution in [2.24, 2.45) is 5.92 Å². The molecule has 2 rings (SSSR count). The summed E-state index contributed by atoms with van der Waals surface area (Å²) < 4.78 is 1.85. The largest absolute Gasteiger partial charge is 0.313 e. The number of carbonyl (C=O) groups is 1. The molecule has 0 spiro atoms. The Morgan fingerprint density at radius 3 is 2.56 bits per heavy atom. The van der Waals surface area contributed by atoms with Crippen LogP contribution in [0.4, 0.5) is 0 Å². The molecule has 0 saturated carbocycles. The summed E-state index contributed by atoms with van der Waals surface area (Å²) in [7, 11) is 0. The van der Waals surface area contributed by atoms with Gasteiger partial charge in [0.15, 0.2) is 0 Å². The van der Waals surface area contributed by atoms with Crippen LogP contribution in [0.15, 0.2) is 12.1 Å². The molecule has 0 bridgehead atoms. The van der Waals surface area contributed by atoms with Crippen LogP contribution in [0.3, 0.4) is 0 Å². The van der Waals surface area contributed by atoms with Gasteiger partial charge in [-0.1, -0.05) is 0 Å². The van der Waals surface area contributed by atoms with Gasteiger partial charge in [-0.3, -0.25) is 14.9 Å².